The molecule has 0 radical (unpaired) electrons. The molecule has 0 aliphatic carbocycles. The van der Waals surface area contributed by atoms with Crippen LogP contribution in [0.5, 0.6) is 11.5 Å². The zero-order chi connectivity index (χ0) is 21.3. The summed E-state index contributed by atoms with van der Waals surface area (Å²) in [6.07, 6.45) is 1.52. The highest BCUT2D eigenvalue weighted by atomic mass is 35.5. The predicted octanol–water partition coefficient (Wildman–Crippen LogP) is 5.75. The molecule has 0 atom stereocenters. The van der Waals surface area contributed by atoms with Gasteiger partial charge in [-0.05, 0) is 48.0 Å². The molecule has 0 unspecified atom stereocenters. The number of hydrogen-bond donors (Lipinski definition) is 1. The third-order valence-corrected chi connectivity index (χ3v) is 4.80. The zero-order valence-electron chi connectivity index (χ0n) is 15.6. The molecule has 0 spiro atoms. The first-order valence-corrected chi connectivity index (χ1v) is 10.0. The van der Waals surface area contributed by atoms with Crippen molar-refractivity contribution in [3.63, 3.8) is 0 Å². The Labute approximate surface area is 189 Å². The van der Waals surface area contributed by atoms with Crippen molar-refractivity contribution >= 4 is 46.9 Å². The molecular formula is C22H17Cl3N2O3. The van der Waals surface area contributed by atoms with Crippen LogP contribution in [0.2, 0.25) is 15.1 Å². The van der Waals surface area contributed by atoms with Crippen molar-refractivity contribution in [3.05, 3.63) is 92.9 Å². The Morgan fingerprint density at radius 1 is 0.933 bits per heavy atom. The normalized spacial score (nSPS) is 10.8. The highest BCUT2D eigenvalue weighted by Gasteiger charge is 2.06. The lowest BCUT2D eigenvalue weighted by atomic mass is 10.2. The van der Waals surface area contributed by atoms with Crippen molar-refractivity contribution in [2.45, 2.75) is 6.61 Å². The third kappa shape index (κ3) is 6.66. The molecule has 0 saturated heterocycles. The van der Waals surface area contributed by atoms with E-state index in [9.17, 15) is 4.79 Å². The van der Waals surface area contributed by atoms with E-state index in [1.165, 1.54) is 12.3 Å². The Morgan fingerprint density at radius 3 is 2.47 bits per heavy atom. The highest BCUT2D eigenvalue weighted by Crippen LogP contribution is 2.27. The molecule has 0 bridgehead atoms. The van der Waals surface area contributed by atoms with Gasteiger partial charge in [0.05, 0.1) is 11.2 Å². The van der Waals surface area contributed by atoms with Crippen molar-refractivity contribution in [2.24, 2.45) is 5.10 Å². The summed E-state index contributed by atoms with van der Waals surface area (Å²) in [5, 5.41) is 5.41. The Morgan fingerprint density at radius 2 is 1.70 bits per heavy atom. The van der Waals surface area contributed by atoms with Gasteiger partial charge >= 0.3 is 0 Å². The molecule has 0 aliphatic heterocycles. The van der Waals surface area contributed by atoms with Gasteiger partial charge in [0.1, 0.15) is 18.1 Å². The van der Waals surface area contributed by atoms with E-state index < -0.39 is 5.91 Å². The molecular weight excluding hydrogens is 447 g/mol. The number of amides is 1. The Bertz CT molecular complexity index is 1040. The number of benzene rings is 3. The minimum atomic E-state index is -0.429. The number of nitrogens with one attached hydrogen (secondary N) is 1. The maximum Gasteiger partial charge on any atom is 0.277 e. The van der Waals surface area contributed by atoms with E-state index in [1.54, 1.807) is 12.1 Å². The average Bonchev–Trinajstić information content (AvgIpc) is 2.75. The maximum absolute atomic E-state index is 11.8. The van der Waals surface area contributed by atoms with Gasteiger partial charge < -0.3 is 9.47 Å². The summed E-state index contributed by atoms with van der Waals surface area (Å²) < 4.78 is 11.1. The van der Waals surface area contributed by atoms with Crippen LogP contribution in [0.15, 0.2) is 71.8 Å². The Hall–Kier alpha value is -2.73. The quantitative estimate of drug-likeness (QED) is 0.341. The van der Waals surface area contributed by atoms with Gasteiger partial charge in [-0.25, -0.2) is 5.43 Å². The molecule has 1 N–H and O–H groups in total. The van der Waals surface area contributed by atoms with E-state index >= 15 is 0 Å². The van der Waals surface area contributed by atoms with E-state index in [0.29, 0.717) is 33.2 Å². The Kier molecular flexibility index (Phi) is 7.97. The summed E-state index contributed by atoms with van der Waals surface area (Å²) in [6.45, 7) is 0.131. The van der Waals surface area contributed by atoms with Crippen molar-refractivity contribution < 1.29 is 14.3 Å². The van der Waals surface area contributed by atoms with Crippen LogP contribution >= 0.6 is 34.8 Å². The van der Waals surface area contributed by atoms with E-state index in [2.05, 4.69) is 10.5 Å². The highest BCUT2D eigenvalue weighted by molar-refractivity contribution is 6.34. The number of hydrazone groups is 1. The number of halogens is 3. The second-order valence-electron chi connectivity index (χ2n) is 6.11. The molecule has 0 aromatic heterocycles. The van der Waals surface area contributed by atoms with Crippen LogP contribution in [-0.2, 0) is 11.4 Å². The summed E-state index contributed by atoms with van der Waals surface area (Å²) in [4.78, 5) is 11.8. The number of carbonyl (C=O) groups is 1. The van der Waals surface area contributed by atoms with E-state index in [0.717, 1.165) is 11.1 Å². The van der Waals surface area contributed by atoms with Crippen LogP contribution in [0, 0.1) is 0 Å². The van der Waals surface area contributed by atoms with Crippen molar-refractivity contribution in [2.75, 3.05) is 6.61 Å². The fourth-order valence-corrected chi connectivity index (χ4v) is 2.89. The van der Waals surface area contributed by atoms with E-state index in [-0.39, 0.29) is 6.61 Å². The molecule has 0 saturated carbocycles. The lowest BCUT2D eigenvalue weighted by Gasteiger charge is -2.08. The average molecular weight is 464 g/mol. The number of rotatable bonds is 8. The summed E-state index contributed by atoms with van der Waals surface area (Å²) >= 11 is 18.0. The van der Waals surface area contributed by atoms with Gasteiger partial charge in [-0.15, -0.1) is 0 Å². The minimum Gasteiger partial charge on any atom is -0.489 e. The van der Waals surface area contributed by atoms with Crippen LogP contribution in [-0.4, -0.2) is 18.7 Å². The molecule has 0 aliphatic rings. The summed E-state index contributed by atoms with van der Waals surface area (Å²) in [5.41, 5.74) is 4.09. The molecule has 154 valence electrons. The van der Waals surface area contributed by atoms with Crippen LogP contribution in [0.3, 0.4) is 0 Å². The van der Waals surface area contributed by atoms with Gasteiger partial charge in [-0.1, -0.05) is 53.0 Å². The number of ether oxygens (including phenoxy) is 2. The SMILES string of the molecule is O=C(COc1cc(Cl)ccc1Cl)NN=Cc1ccc(OCc2ccccc2Cl)cc1. The first kappa shape index (κ1) is 22.0. The van der Waals surface area contributed by atoms with E-state index in [4.69, 9.17) is 44.3 Å². The molecule has 3 aromatic rings. The number of carbonyl (C=O) groups excluding carboxylic acids is 1. The molecule has 8 heteroatoms. The standard InChI is InChI=1S/C22H17Cl3N2O3/c23-17-7-10-20(25)21(11-17)30-14-22(28)27-26-12-15-5-8-18(9-6-15)29-13-16-3-1-2-4-19(16)24/h1-12H,13-14H2,(H,27,28). The molecule has 5 nitrogen and oxygen atoms in total. The molecule has 3 aromatic carbocycles. The van der Waals surface area contributed by atoms with Crippen molar-refractivity contribution in [1.82, 2.24) is 5.43 Å². The number of hydrogen-bond acceptors (Lipinski definition) is 4. The maximum atomic E-state index is 11.8. The molecule has 0 fully saturated rings. The monoisotopic (exact) mass is 462 g/mol. The lowest BCUT2D eigenvalue weighted by Crippen LogP contribution is -2.24. The largest absolute Gasteiger partial charge is 0.489 e. The van der Waals surface area contributed by atoms with Gasteiger partial charge in [0.15, 0.2) is 6.61 Å². The molecule has 1 amide bonds. The van der Waals surface area contributed by atoms with Gasteiger partial charge in [0.25, 0.3) is 5.91 Å². The zero-order valence-corrected chi connectivity index (χ0v) is 17.9. The fraction of sp³-hybridized carbons (Fsp3) is 0.0909. The minimum absolute atomic E-state index is 0.244. The Balaban J connectivity index is 1.45. The van der Waals surface area contributed by atoms with Gasteiger partial charge in [0, 0.05) is 21.7 Å². The fourth-order valence-electron chi connectivity index (χ4n) is 2.37. The summed E-state index contributed by atoms with van der Waals surface area (Å²) in [5.74, 6) is 0.598. The molecule has 30 heavy (non-hydrogen) atoms. The van der Waals surface area contributed by atoms with Crippen LogP contribution in [0.1, 0.15) is 11.1 Å². The first-order chi connectivity index (χ1) is 14.5. The van der Waals surface area contributed by atoms with E-state index in [1.807, 2.05) is 48.5 Å². The third-order valence-electron chi connectivity index (χ3n) is 3.89. The summed E-state index contributed by atoms with van der Waals surface area (Å²) in [7, 11) is 0. The predicted molar refractivity (Wildman–Crippen MR) is 120 cm³/mol. The second-order valence-corrected chi connectivity index (χ2v) is 7.36. The lowest BCUT2D eigenvalue weighted by molar-refractivity contribution is -0.123. The number of nitrogens with zero attached hydrogens (tertiary/aromatic N) is 1. The molecule has 0 heterocycles. The topological polar surface area (TPSA) is 59.9 Å². The first-order valence-electron chi connectivity index (χ1n) is 8.87. The van der Waals surface area contributed by atoms with Crippen LogP contribution in [0.4, 0.5) is 0 Å². The van der Waals surface area contributed by atoms with Gasteiger partial charge in [0.2, 0.25) is 0 Å². The van der Waals surface area contributed by atoms with Crippen LogP contribution in [0.25, 0.3) is 0 Å². The summed E-state index contributed by atoms with van der Waals surface area (Å²) in [6, 6.07) is 19.5. The van der Waals surface area contributed by atoms with Crippen molar-refractivity contribution in [3.8, 4) is 11.5 Å². The van der Waals surface area contributed by atoms with Gasteiger partial charge in [-0.3, -0.25) is 4.79 Å². The van der Waals surface area contributed by atoms with Gasteiger partial charge in [-0.2, -0.15) is 5.10 Å². The smallest absolute Gasteiger partial charge is 0.277 e. The molecule has 3 rings (SSSR count). The van der Waals surface area contributed by atoms with Crippen LogP contribution < -0.4 is 14.9 Å². The second kappa shape index (κ2) is 10.9. The van der Waals surface area contributed by atoms with Crippen molar-refractivity contribution in [1.29, 1.82) is 0 Å².